The first-order valence-electron chi connectivity index (χ1n) is 6.66. The van der Waals surface area contributed by atoms with Crippen LogP contribution >= 0.6 is 0 Å². The van der Waals surface area contributed by atoms with Gasteiger partial charge >= 0.3 is 5.97 Å². The summed E-state index contributed by atoms with van der Waals surface area (Å²) in [6.07, 6.45) is 6.13. The fourth-order valence-corrected chi connectivity index (χ4v) is 2.49. The highest BCUT2D eigenvalue weighted by atomic mass is 16.4. The number of aromatic nitrogens is 2. The van der Waals surface area contributed by atoms with Gasteiger partial charge in [-0.1, -0.05) is 6.92 Å². The molecule has 0 bridgehead atoms. The van der Waals surface area contributed by atoms with Gasteiger partial charge in [0.2, 0.25) is 0 Å². The molecule has 0 radical (unpaired) electrons. The van der Waals surface area contributed by atoms with Crippen molar-refractivity contribution in [3.63, 3.8) is 0 Å². The molecule has 1 aliphatic carbocycles. The van der Waals surface area contributed by atoms with Gasteiger partial charge in [-0.25, -0.2) is 4.98 Å². The van der Waals surface area contributed by atoms with Crippen molar-refractivity contribution in [3.05, 3.63) is 22.7 Å². The van der Waals surface area contributed by atoms with Crippen molar-refractivity contribution < 1.29 is 9.90 Å². The largest absolute Gasteiger partial charge is 0.481 e. The van der Waals surface area contributed by atoms with E-state index in [4.69, 9.17) is 5.11 Å². The number of rotatable bonds is 5. The minimum absolute atomic E-state index is 0.0266. The van der Waals surface area contributed by atoms with E-state index in [-0.39, 0.29) is 17.5 Å². The van der Waals surface area contributed by atoms with Gasteiger partial charge in [-0.2, -0.15) is 0 Å². The second-order valence-corrected chi connectivity index (χ2v) is 4.96. The van der Waals surface area contributed by atoms with Crippen molar-refractivity contribution in [2.45, 2.75) is 45.2 Å². The summed E-state index contributed by atoms with van der Waals surface area (Å²) in [6.45, 7) is 2.67. The topological polar surface area (TPSA) is 84.2 Å². The molecule has 2 atom stereocenters. The second-order valence-electron chi connectivity index (χ2n) is 4.96. The third kappa shape index (κ3) is 3.13. The number of carboxylic acid groups (broad SMARTS) is 1. The molecular weight excluding hydrogens is 246 g/mol. The first-order chi connectivity index (χ1) is 9.11. The second kappa shape index (κ2) is 5.86. The first kappa shape index (κ1) is 13.6. The minimum atomic E-state index is -0.756. The zero-order chi connectivity index (χ0) is 13.8. The Morgan fingerprint density at radius 3 is 3.00 bits per heavy atom. The summed E-state index contributed by atoms with van der Waals surface area (Å²) in [4.78, 5) is 27.0. The highest BCUT2D eigenvalue weighted by Gasteiger charge is 2.30. The summed E-state index contributed by atoms with van der Waals surface area (Å²) in [5.41, 5.74) is -0.136. The number of nitrogens with one attached hydrogen (secondary N) is 1. The van der Waals surface area contributed by atoms with Gasteiger partial charge in [0.25, 0.3) is 5.56 Å². The molecular formula is C13H19N3O3. The average Bonchev–Trinajstić information content (AvgIpc) is 2.83. The molecule has 1 aliphatic rings. The third-order valence-corrected chi connectivity index (χ3v) is 3.50. The number of anilines is 1. The van der Waals surface area contributed by atoms with Crippen LogP contribution in [0.15, 0.2) is 17.2 Å². The zero-order valence-corrected chi connectivity index (χ0v) is 11.0. The zero-order valence-electron chi connectivity index (χ0n) is 11.0. The number of carboxylic acids is 1. The lowest BCUT2D eigenvalue weighted by Crippen LogP contribution is -2.28. The number of carbonyl (C=O) groups is 1. The van der Waals surface area contributed by atoms with Crippen LogP contribution in [0.1, 0.15) is 32.6 Å². The average molecular weight is 265 g/mol. The predicted molar refractivity (Wildman–Crippen MR) is 71.2 cm³/mol. The number of aryl methyl sites for hydroxylation is 1. The Bertz CT molecular complexity index is 512. The quantitative estimate of drug-likeness (QED) is 0.838. The predicted octanol–water partition coefficient (Wildman–Crippen LogP) is 1.32. The van der Waals surface area contributed by atoms with Crippen molar-refractivity contribution in [2.24, 2.45) is 5.92 Å². The lowest BCUT2D eigenvalue weighted by molar-refractivity contribution is -0.141. The molecule has 19 heavy (non-hydrogen) atoms. The van der Waals surface area contributed by atoms with E-state index in [1.54, 1.807) is 17.0 Å². The Kier molecular flexibility index (Phi) is 4.19. The van der Waals surface area contributed by atoms with Gasteiger partial charge < -0.3 is 15.0 Å². The summed E-state index contributed by atoms with van der Waals surface area (Å²) < 4.78 is 1.62. The molecule has 2 rings (SSSR count). The van der Waals surface area contributed by atoms with E-state index < -0.39 is 5.97 Å². The summed E-state index contributed by atoms with van der Waals surface area (Å²) in [7, 11) is 0. The summed E-state index contributed by atoms with van der Waals surface area (Å²) >= 11 is 0. The van der Waals surface area contributed by atoms with E-state index in [9.17, 15) is 9.59 Å². The highest BCUT2D eigenvalue weighted by molar-refractivity contribution is 5.70. The van der Waals surface area contributed by atoms with Crippen LogP contribution < -0.4 is 10.9 Å². The molecule has 1 fully saturated rings. The third-order valence-electron chi connectivity index (χ3n) is 3.50. The van der Waals surface area contributed by atoms with Crippen LogP contribution in [0.25, 0.3) is 0 Å². The molecule has 0 spiro atoms. The molecule has 1 aromatic rings. The van der Waals surface area contributed by atoms with Crippen LogP contribution in [0, 0.1) is 5.92 Å². The van der Waals surface area contributed by atoms with Gasteiger partial charge in [0.15, 0.2) is 5.82 Å². The van der Waals surface area contributed by atoms with Crippen LogP contribution in [-0.4, -0.2) is 26.7 Å². The van der Waals surface area contributed by atoms with Crippen LogP contribution in [0.5, 0.6) is 0 Å². The SMILES string of the molecule is CCCn1ccnc(N[C@H]2CC[C@@H](C(=O)O)C2)c1=O. The Morgan fingerprint density at radius 2 is 2.37 bits per heavy atom. The number of nitrogens with zero attached hydrogens (tertiary/aromatic N) is 2. The molecule has 1 saturated carbocycles. The van der Waals surface area contributed by atoms with E-state index >= 15 is 0 Å². The number of aliphatic carboxylic acids is 1. The van der Waals surface area contributed by atoms with Gasteiger partial charge in [-0.3, -0.25) is 9.59 Å². The highest BCUT2D eigenvalue weighted by Crippen LogP contribution is 2.27. The molecule has 6 heteroatoms. The Balaban J connectivity index is 2.06. The molecule has 0 aliphatic heterocycles. The van der Waals surface area contributed by atoms with Crippen molar-refractivity contribution in [1.29, 1.82) is 0 Å². The molecule has 6 nitrogen and oxygen atoms in total. The molecule has 1 aromatic heterocycles. The van der Waals surface area contributed by atoms with Gasteiger partial charge in [0.05, 0.1) is 5.92 Å². The lowest BCUT2D eigenvalue weighted by Gasteiger charge is -2.13. The maximum Gasteiger partial charge on any atom is 0.306 e. The smallest absolute Gasteiger partial charge is 0.306 e. The van der Waals surface area contributed by atoms with Crippen molar-refractivity contribution in [1.82, 2.24) is 9.55 Å². The molecule has 0 unspecified atom stereocenters. The van der Waals surface area contributed by atoms with E-state index in [2.05, 4.69) is 10.3 Å². The maximum atomic E-state index is 12.1. The van der Waals surface area contributed by atoms with E-state index in [1.807, 2.05) is 6.92 Å². The minimum Gasteiger partial charge on any atom is -0.481 e. The van der Waals surface area contributed by atoms with E-state index in [1.165, 1.54) is 0 Å². The molecule has 104 valence electrons. The van der Waals surface area contributed by atoms with Crippen LogP contribution in [0.2, 0.25) is 0 Å². The molecule has 0 amide bonds. The van der Waals surface area contributed by atoms with Crippen molar-refractivity contribution in [3.8, 4) is 0 Å². The number of hydrogen-bond donors (Lipinski definition) is 2. The Morgan fingerprint density at radius 1 is 1.58 bits per heavy atom. The molecule has 1 heterocycles. The normalized spacial score (nSPS) is 22.4. The van der Waals surface area contributed by atoms with E-state index in [0.29, 0.717) is 25.2 Å². The Labute approximate surface area is 111 Å². The summed E-state index contributed by atoms with van der Waals surface area (Å²) in [5, 5.41) is 12.0. The van der Waals surface area contributed by atoms with Crippen molar-refractivity contribution in [2.75, 3.05) is 5.32 Å². The molecule has 0 aromatic carbocycles. The fraction of sp³-hybridized carbons (Fsp3) is 0.615. The molecule has 2 N–H and O–H groups in total. The van der Waals surface area contributed by atoms with Gasteiger partial charge in [-0.05, 0) is 25.7 Å². The summed E-state index contributed by atoms with van der Waals surface area (Å²) in [5.74, 6) is -0.736. The maximum absolute atomic E-state index is 12.1. The van der Waals surface area contributed by atoms with Crippen LogP contribution in [-0.2, 0) is 11.3 Å². The number of hydrogen-bond acceptors (Lipinski definition) is 4. The monoisotopic (exact) mass is 265 g/mol. The lowest BCUT2D eigenvalue weighted by atomic mass is 10.1. The standard InChI is InChI=1S/C13H19N3O3/c1-2-6-16-7-5-14-11(12(16)17)15-10-4-3-9(8-10)13(18)19/h5,7,9-10H,2-4,6,8H2,1H3,(H,14,15)(H,18,19)/t9-,10+/m1/s1. The van der Waals surface area contributed by atoms with Gasteiger partial charge in [0, 0.05) is 25.0 Å². The van der Waals surface area contributed by atoms with Crippen molar-refractivity contribution >= 4 is 11.8 Å². The first-order valence-corrected chi connectivity index (χ1v) is 6.66. The summed E-state index contributed by atoms with van der Waals surface area (Å²) in [6, 6.07) is 0.0266. The van der Waals surface area contributed by atoms with E-state index in [0.717, 1.165) is 12.8 Å². The van der Waals surface area contributed by atoms with Crippen LogP contribution in [0.3, 0.4) is 0 Å². The van der Waals surface area contributed by atoms with Gasteiger partial charge in [0.1, 0.15) is 0 Å². The van der Waals surface area contributed by atoms with Gasteiger partial charge in [-0.15, -0.1) is 0 Å². The van der Waals surface area contributed by atoms with Crippen LogP contribution in [0.4, 0.5) is 5.82 Å². The molecule has 0 saturated heterocycles. The Hall–Kier alpha value is -1.85. The fourth-order valence-electron chi connectivity index (χ4n) is 2.49.